The second-order valence-corrected chi connectivity index (χ2v) is 5.93. The van der Waals surface area contributed by atoms with Crippen LogP contribution in [0.25, 0.3) is 10.8 Å². The van der Waals surface area contributed by atoms with E-state index in [-0.39, 0.29) is 0 Å². The van der Waals surface area contributed by atoms with Gasteiger partial charge in [-0.25, -0.2) is 0 Å². The van der Waals surface area contributed by atoms with Crippen molar-refractivity contribution in [3.63, 3.8) is 0 Å². The number of hydrogen-bond acceptors (Lipinski definition) is 2. The van der Waals surface area contributed by atoms with Crippen LogP contribution in [0.3, 0.4) is 0 Å². The topological polar surface area (TPSA) is 15.3 Å². The molecule has 2 aromatic carbocycles. The Hall–Kier alpha value is -1.54. The van der Waals surface area contributed by atoms with E-state index < -0.39 is 0 Å². The van der Waals surface area contributed by atoms with Gasteiger partial charge in [-0.2, -0.15) is 0 Å². The third-order valence-corrected chi connectivity index (χ3v) is 4.62. The van der Waals surface area contributed by atoms with Gasteiger partial charge in [-0.05, 0) is 43.3 Å². The van der Waals surface area contributed by atoms with E-state index in [2.05, 4.69) is 66.5 Å². The molecule has 0 aliphatic carbocycles. The molecule has 2 aromatic rings. The van der Waals surface area contributed by atoms with Crippen LogP contribution < -0.4 is 10.2 Å². The lowest BCUT2D eigenvalue weighted by Crippen LogP contribution is -2.32. The molecule has 0 amide bonds. The second-order valence-electron chi connectivity index (χ2n) is 5.93. The molecule has 2 heteroatoms. The van der Waals surface area contributed by atoms with E-state index in [1.54, 1.807) is 0 Å². The number of rotatable bonds is 4. The van der Waals surface area contributed by atoms with Gasteiger partial charge in [0.05, 0.1) is 0 Å². The van der Waals surface area contributed by atoms with Crippen LogP contribution in [0.2, 0.25) is 0 Å². The molecule has 0 saturated carbocycles. The van der Waals surface area contributed by atoms with Crippen molar-refractivity contribution in [2.24, 2.45) is 11.8 Å². The zero-order valence-electron chi connectivity index (χ0n) is 12.5. The van der Waals surface area contributed by atoms with E-state index >= 15 is 0 Å². The summed E-state index contributed by atoms with van der Waals surface area (Å²) in [5.41, 5.74) is 1.38. The van der Waals surface area contributed by atoms with E-state index in [1.165, 1.54) is 16.5 Å². The van der Waals surface area contributed by atoms with Crippen molar-refractivity contribution in [3.8, 4) is 0 Å². The predicted octanol–water partition coefficient (Wildman–Crippen LogP) is 3.52. The Kier molecular flexibility index (Phi) is 3.93. The lowest BCUT2D eigenvalue weighted by molar-refractivity contribution is 0.450. The van der Waals surface area contributed by atoms with Crippen molar-refractivity contribution in [1.29, 1.82) is 0 Å². The summed E-state index contributed by atoms with van der Waals surface area (Å²) >= 11 is 0. The molecule has 2 atom stereocenters. The van der Waals surface area contributed by atoms with Gasteiger partial charge in [0, 0.05) is 24.2 Å². The number of fused-ring (bicyclic) bond motifs is 1. The first-order chi connectivity index (χ1) is 9.79. The maximum atomic E-state index is 3.51. The molecule has 1 aliphatic rings. The Labute approximate surface area is 121 Å². The largest absolute Gasteiger partial charge is 0.371 e. The van der Waals surface area contributed by atoms with Crippen molar-refractivity contribution in [3.05, 3.63) is 42.5 Å². The fourth-order valence-corrected chi connectivity index (χ4v) is 3.27. The first-order valence-corrected chi connectivity index (χ1v) is 7.73. The van der Waals surface area contributed by atoms with Crippen LogP contribution in [0.5, 0.6) is 0 Å². The van der Waals surface area contributed by atoms with Gasteiger partial charge in [0.1, 0.15) is 0 Å². The first kappa shape index (κ1) is 13.4. The molecule has 3 rings (SSSR count). The highest BCUT2D eigenvalue weighted by Crippen LogP contribution is 2.28. The Morgan fingerprint density at radius 1 is 1.10 bits per heavy atom. The van der Waals surface area contributed by atoms with Gasteiger partial charge in [0.2, 0.25) is 0 Å². The summed E-state index contributed by atoms with van der Waals surface area (Å²) in [6.07, 6.45) is 0. The van der Waals surface area contributed by atoms with Crippen LogP contribution in [0.1, 0.15) is 13.8 Å². The van der Waals surface area contributed by atoms with Crippen LogP contribution in [0.4, 0.5) is 5.69 Å². The molecule has 0 radical (unpaired) electrons. The average Bonchev–Trinajstić information content (AvgIpc) is 2.89. The lowest BCUT2D eigenvalue weighted by atomic mass is 9.97. The predicted molar refractivity (Wildman–Crippen MR) is 87.4 cm³/mol. The number of hydrogen-bond donors (Lipinski definition) is 1. The molecule has 1 heterocycles. The van der Waals surface area contributed by atoms with E-state index in [1.807, 2.05) is 0 Å². The SMILES string of the molecule is CCN(CC1CNCC1C)c1cccc2ccccc12. The zero-order chi connectivity index (χ0) is 13.9. The highest BCUT2D eigenvalue weighted by molar-refractivity contribution is 5.94. The van der Waals surface area contributed by atoms with Crippen molar-refractivity contribution in [2.45, 2.75) is 13.8 Å². The Bertz CT molecular complexity index is 573. The van der Waals surface area contributed by atoms with E-state index in [4.69, 9.17) is 0 Å². The van der Waals surface area contributed by atoms with Crippen LogP contribution >= 0.6 is 0 Å². The Balaban J connectivity index is 1.91. The molecular formula is C18H24N2. The number of nitrogens with one attached hydrogen (secondary N) is 1. The molecule has 1 saturated heterocycles. The summed E-state index contributed by atoms with van der Waals surface area (Å²) in [5.74, 6) is 1.54. The quantitative estimate of drug-likeness (QED) is 0.912. The van der Waals surface area contributed by atoms with Crippen LogP contribution in [-0.2, 0) is 0 Å². The van der Waals surface area contributed by atoms with E-state index in [9.17, 15) is 0 Å². The minimum atomic E-state index is 0.758. The molecule has 1 aliphatic heterocycles. The van der Waals surface area contributed by atoms with Crippen molar-refractivity contribution >= 4 is 16.5 Å². The van der Waals surface area contributed by atoms with Gasteiger partial charge >= 0.3 is 0 Å². The van der Waals surface area contributed by atoms with E-state index in [0.29, 0.717) is 0 Å². The van der Waals surface area contributed by atoms with E-state index in [0.717, 1.165) is 38.0 Å². The first-order valence-electron chi connectivity index (χ1n) is 7.73. The second kappa shape index (κ2) is 5.84. The van der Waals surface area contributed by atoms with Crippen molar-refractivity contribution in [2.75, 3.05) is 31.1 Å². The summed E-state index contributed by atoms with van der Waals surface area (Å²) in [5, 5.41) is 6.22. The summed E-state index contributed by atoms with van der Waals surface area (Å²) in [7, 11) is 0. The molecule has 1 fully saturated rings. The zero-order valence-corrected chi connectivity index (χ0v) is 12.5. The minimum absolute atomic E-state index is 0.758. The Morgan fingerprint density at radius 3 is 2.65 bits per heavy atom. The summed E-state index contributed by atoms with van der Waals surface area (Å²) in [6.45, 7) is 9.16. The van der Waals surface area contributed by atoms with Crippen molar-refractivity contribution in [1.82, 2.24) is 5.32 Å². The monoisotopic (exact) mass is 268 g/mol. The molecule has 0 bridgehead atoms. The summed E-state index contributed by atoms with van der Waals surface area (Å²) in [4.78, 5) is 2.54. The number of nitrogens with zero attached hydrogens (tertiary/aromatic N) is 1. The van der Waals surface area contributed by atoms with Crippen LogP contribution in [-0.4, -0.2) is 26.2 Å². The number of anilines is 1. The number of benzene rings is 2. The highest BCUT2D eigenvalue weighted by Gasteiger charge is 2.25. The van der Waals surface area contributed by atoms with Crippen molar-refractivity contribution < 1.29 is 0 Å². The summed E-state index contributed by atoms with van der Waals surface area (Å²) in [6, 6.07) is 15.3. The molecular weight excluding hydrogens is 244 g/mol. The third-order valence-electron chi connectivity index (χ3n) is 4.62. The normalized spacial score (nSPS) is 22.3. The maximum absolute atomic E-state index is 3.51. The average molecular weight is 268 g/mol. The van der Waals surface area contributed by atoms with Crippen LogP contribution in [0, 0.1) is 11.8 Å². The fourth-order valence-electron chi connectivity index (χ4n) is 3.27. The van der Waals surface area contributed by atoms with Gasteiger partial charge < -0.3 is 10.2 Å². The highest BCUT2D eigenvalue weighted by atomic mass is 15.1. The molecule has 2 nitrogen and oxygen atoms in total. The molecule has 2 unspecified atom stereocenters. The Morgan fingerprint density at radius 2 is 1.90 bits per heavy atom. The molecule has 1 N–H and O–H groups in total. The molecule has 0 aromatic heterocycles. The summed E-state index contributed by atoms with van der Waals surface area (Å²) < 4.78 is 0. The van der Waals surface area contributed by atoms with Gasteiger partial charge in [-0.15, -0.1) is 0 Å². The smallest absolute Gasteiger partial charge is 0.0445 e. The molecule has 20 heavy (non-hydrogen) atoms. The van der Waals surface area contributed by atoms with Crippen LogP contribution in [0.15, 0.2) is 42.5 Å². The van der Waals surface area contributed by atoms with Gasteiger partial charge in [-0.1, -0.05) is 43.3 Å². The van der Waals surface area contributed by atoms with Gasteiger partial charge in [0.15, 0.2) is 0 Å². The lowest BCUT2D eigenvalue weighted by Gasteiger charge is -2.29. The standard InChI is InChI=1S/C18H24N2/c1-3-20(13-16-12-19-11-14(16)2)18-10-6-8-15-7-4-5-9-17(15)18/h4-10,14,16,19H,3,11-13H2,1-2H3. The maximum Gasteiger partial charge on any atom is 0.0445 e. The fraction of sp³-hybridized carbons (Fsp3) is 0.444. The molecule has 106 valence electrons. The van der Waals surface area contributed by atoms with Gasteiger partial charge in [-0.3, -0.25) is 0 Å². The molecule has 0 spiro atoms. The minimum Gasteiger partial charge on any atom is -0.371 e. The third kappa shape index (κ3) is 2.53. The van der Waals surface area contributed by atoms with Gasteiger partial charge in [0.25, 0.3) is 0 Å².